The van der Waals surface area contributed by atoms with E-state index in [2.05, 4.69) is 5.32 Å². The highest BCUT2D eigenvalue weighted by Crippen LogP contribution is 2.33. The molecule has 2 N–H and O–H groups in total. The summed E-state index contributed by atoms with van der Waals surface area (Å²) >= 11 is 6.00. The van der Waals surface area contributed by atoms with Gasteiger partial charge in [-0.2, -0.15) is 8.42 Å². The monoisotopic (exact) mass is 356 g/mol. The molecule has 2 aromatic carbocycles. The number of rotatable bonds is 4. The second-order valence-corrected chi connectivity index (χ2v) is 6.75. The molecule has 0 aliphatic rings. The van der Waals surface area contributed by atoms with E-state index in [1.807, 2.05) is 0 Å². The number of hydrogen-bond acceptors (Lipinski definition) is 5. The lowest BCUT2D eigenvalue weighted by molar-refractivity contribution is -0.384. The number of halogens is 1. The zero-order valence-electron chi connectivity index (χ0n) is 12.2. The molecule has 0 fully saturated rings. The third-order valence-electron chi connectivity index (χ3n) is 3.21. The van der Waals surface area contributed by atoms with Gasteiger partial charge in [-0.3, -0.25) is 14.7 Å². The van der Waals surface area contributed by atoms with Crippen LogP contribution in [0.1, 0.15) is 11.1 Å². The fraction of sp³-hybridized carbons (Fsp3) is 0.143. The Balaban J connectivity index is 2.46. The van der Waals surface area contributed by atoms with E-state index in [4.69, 9.17) is 16.2 Å². The van der Waals surface area contributed by atoms with Crippen molar-refractivity contribution in [1.29, 1.82) is 0 Å². The van der Waals surface area contributed by atoms with E-state index in [0.717, 1.165) is 0 Å². The van der Waals surface area contributed by atoms with Crippen LogP contribution in [0.25, 0.3) is 0 Å². The molecule has 0 heterocycles. The zero-order chi connectivity index (χ0) is 17.4. The molecule has 0 aromatic heterocycles. The smallest absolute Gasteiger partial charge is 0.294 e. The standard InChI is InChI=1S/C14H13ClN2O5S/c1-8-6-13(17(18)19)12(7-11(8)15)16-10-3-4-14(9(2)5-10)23(20,21)22/h3-7,16H,1-2H3,(H,20,21,22). The van der Waals surface area contributed by atoms with E-state index in [-0.39, 0.29) is 16.3 Å². The van der Waals surface area contributed by atoms with Crippen LogP contribution in [-0.4, -0.2) is 17.9 Å². The lowest BCUT2D eigenvalue weighted by Crippen LogP contribution is -2.02. The molecule has 0 radical (unpaired) electrons. The molecule has 0 amide bonds. The van der Waals surface area contributed by atoms with E-state index < -0.39 is 15.0 Å². The van der Waals surface area contributed by atoms with Crippen molar-refractivity contribution in [3.63, 3.8) is 0 Å². The molecule has 0 aliphatic carbocycles. The first kappa shape index (κ1) is 17.2. The highest BCUT2D eigenvalue weighted by atomic mass is 35.5. The summed E-state index contributed by atoms with van der Waals surface area (Å²) in [6.45, 7) is 3.16. The summed E-state index contributed by atoms with van der Waals surface area (Å²) in [5.74, 6) is 0. The number of nitro groups is 1. The number of nitrogens with zero attached hydrogens (tertiary/aromatic N) is 1. The molecule has 23 heavy (non-hydrogen) atoms. The molecule has 0 bridgehead atoms. The summed E-state index contributed by atoms with van der Waals surface area (Å²) in [6.07, 6.45) is 0. The number of aryl methyl sites for hydroxylation is 2. The fourth-order valence-corrected chi connectivity index (χ4v) is 2.96. The molecule has 0 unspecified atom stereocenters. The predicted octanol–water partition coefficient (Wildman–Crippen LogP) is 3.86. The Morgan fingerprint density at radius 1 is 1.17 bits per heavy atom. The average molecular weight is 357 g/mol. The number of benzene rings is 2. The summed E-state index contributed by atoms with van der Waals surface area (Å²) in [5.41, 5.74) is 1.34. The number of hydrogen-bond donors (Lipinski definition) is 2. The minimum Gasteiger partial charge on any atom is -0.350 e. The molecular weight excluding hydrogens is 344 g/mol. The van der Waals surface area contributed by atoms with E-state index in [1.54, 1.807) is 6.92 Å². The van der Waals surface area contributed by atoms with Crippen molar-refractivity contribution in [2.24, 2.45) is 0 Å². The molecule has 0 atom stereocenters. The minimum atomic E-state index is -4.31. The van der Waals surface area contributed by atoms with Gasteiger partial charge in [-0.05, 0) is 49.2 Å². The number of nitrogens with one attached hydrogen (secondary N) is 1. The predicted molar refractivity (Wildman–Crippen MR) is 87.1 cm³/mol. The largest absolute Gasteiger partial charge is 0.350 e. The van der Waals surface area contributed by atoms with E-state index >= 15 is 0 Å². The van der Waals surface area contributed by atoms with Gasteiger partial charge in [-0.25, -0.2) is 0 Å². The van der Waals surface area contributed by atoms with E-state index in [1.165, 1.54) is 37.3 Å². The van der Waals surface area contributed by atoms with Gasteiger partial charge < -0.3 is 5.32 Å². The first-order valence-corrected chi connectivity index (χ1v) is 8.21. The maximum atomic E-state index is 11.2. The molecule has 2 aromatic rings. The molecule has 0 spiro atoms. The molecule has 0 saturated heterocycles. The third kappa shape index (κ3) is 3.79. The highest BCUT2D eigenvalue weighted by Gasteiger charge is 2.18. The minimum absolute atomic E-state index is 0.150. The van der Waals surface area contributed by atoms with Crippen LogP contribution in [0.5, 0.6) is 0 Å². The Morgan fingerprint density at radius 3 is 2.35 bits per heavy atom. The molecule has 0 saturated carbocycles. The first-order valence-electron chi connectivity index (χ1n) is 6.39. The van der Waals surface area contributed by atoms with Crippen LogP contribution in [0, 0.1) is 24.0 Å². The normalized spacial score (nSPS) is 11.3. The third-order valence-corrected chi connectivity index (χ3v) is 4.63. The first-order chi connectivity index (χ1) is 10.6. The van der Waals surface area contributed by atoms with Crippen molar-refractivity contribution in [2.75, 3.05) is 5.32 Å². The Kier molecular flexibility index (Phi) is 4.60. The Hall–Kier alpha value is -2.16. The van der Waals surface area contributed by atoms with Crippen molar-refractivity contribution in [3.8, 4) is 0 Å². The van der Waals surface area contributed by atoms with Crippen LogP contribution >= 0.6 is 11.6 Å². The van der Waals surface area contributed by atoms with E-state index in [9.17, 15) is 18.5 Å². The maximum absolute atomic E-state index is 11.2. The quantitative estimate of drug-likeness (QED) is 0.489. The van der Waals surface area contributed by atoms with Gasteiger partial charge in [0.25, 0.3) is 15.8 Å². The van der Waals surface area contributed by atoms with Gasteiger partial charge >= 0.3 is 0 Å². The summed E-state index contributed by atoms with van der Waals surface area (Å²) in [7, 11) is -4.31. The lowest BCUT2D eigenvalue weighted by atomic mass is 10.1. The van der Waals surface area contributed by atoms with Crippen molar-refractivity contribution in [2.45, 2.75) is 18.7 Å². The molecule has 2 rings (SSSR count). The Labute approximate surface area is 137 Å². The maximum Gasteiger partial charge on any atom is 0.294 e. The van der Waals surface area contributed by atoms with Crippen molar-refractivity contribution in [1.82, 2.24) is 0 Å². The zero-order valence-corrected chi connectivity index (χ0v) is 13.8. The number of nitro benzene ring substituents is 1. The molecule has 9 heteroatoms. The average Bonchev–Trinajstić information content (AvgIpc) is 2.41. The van der Waals surface area contributed by atoms with Crippen LogP contribution in [-0.2, 0) is 10.1 Å². The highest BCUT2D eigenvalue weighted by molar-refractivity contribution is 7.85. The second kappa shape index (κ2) is 6.15. The van der Waals surface area contributed by atoms with Gasteiger partial charge in [0.2, 0.25) is 0 Å². The topological polar surface area (TPSA) is 110 Å². The van der Waals surface area contributed by atoms with Crippen molar-refractivity contribution >= 4 is 38.8 Å². The van der Waals surface area contributed by atoms with Crippen LogP contribution in [0.4, 0.5) is 17.1 Å². The Morgan fingerprint density at radius 2 is 1.83 bits per heavy atom. The van der Waals surface area contributed by atoms with Gasteiger partial charge in [0.15, 0.2) is 0 Å². The van der Waals surface area contributed by atoms with Gasteiger partial charge in [0.05, 0.1) is 9.82 Å². The summed E-state index contributed by atoms with van der Waals surface area (Å²) in [5, 5.41) is 14.3. The van der Waals surface area contributed by atoms with E-state index in [0.29, 0.717) is 21.8 Å². The molecule has 122 valence electrons. The lowest BCUT2D eigenvalue weighted by Gasteiger charge is -2.11. The molecule has 0 aliphatic heterocycles. The van der Waals surface area contributed by atoms with Crippen molar-refractivity contribution < 1.29 is 17.9 Å². The SMILES string of the molecule is Cc1cc([N+](=O)[O-])c(Nc2ccc(S(=O)(=O)O)c(C)c2)cc1Cl. The molecule has 7 nitrogen and oxygen atoms in total. The van der Waals surface area contributed by atoms with Gasteiger partial charge in [0, 0.05) is 16.8 Å². The van der Waals surface area contributed by atoms with Crippen LogP contribution in [0.15, 0.2) is 35.2 Å². The van der Waals surface area contributed by atoms with Gasteiger partial charge in [-0.15, -0.1) is 0 Å². The summed E-state index contributed by atoms with van der Waals surface area (Å²) in [6, 6.07) is 6.86. The fourth-order valence-electron chi connectivity index (χ4n) is 2.09. The van der Waals surface area contributed by atoms with Crippen LogP contribution in [0.3, 0.4) is 0 Å². The van der Waals surface area contributed by atoms with Gasteiger partial charge in [-0.1, -0.05) is 11.6 Å². The Bertz CT molecular complexity index is 896. The van der Waals surface area contributed by atoms with Crippen LogP contribution in [0.2, 0.25) is 5.02 Å². The number of anilines is 2. The second-order valence-electron chi connectivity index (χ2n) is 4.96. The van der Waals surface area contributed by atoms with Crippen LogP contribution < -0.4 is 5.32 Å². The van der Waals surface area contributed by atoms with Gasteiger partial charge in [0.1, 0.15) is 5.69 Å². The summed E-state index contributed by atoms with van der Waals surface area (Å²) in [4.78, 5) is 10.4. The summed E-state index contributed by atoms with van der Waals surface area (Å²) < 4.78 is 31.4. The van der Waals surface area contributed by atoms with Crippen molar-refractivity contribution in [3.05, 3.63) is 56.6 Å². The molecular formula is C14H13ClN2O5S.